The van der Waals surface area contributed by atoms with E-state index in [1.165, 1.54) is 28.8 Å². The van der Waals surface area contributed by atoms with E-state index in [1.54, 1.807) is 6.92 Å². The molecule has 168 valence electrons. The molecule has 0 saturated carbocycles. The Morgan fingerprint density at radius 1 is 1.12 bits per heavy atom. The maximum Gasteiger partial charge on any atom is 0.219 e. The fraction of sp³-hybridized carbons (Fsp3) is 0.440. The number of aromatic amines is 1. The average Bonchev–Trinajstić information content (AvgIpc) is 3.17. The van der Waals surface area contributed by atoms with Crippen LogP contribution in [0, 0.1) is 0 Å². The van der Waals surface area contributed by atoms with Gasteiger partial charge in [-0.05, 0) is 58.5 Å². The molecular weight excluding hydrogens is 466 g/mol. The zero-order valence-corrected chi connectivity index (χ0v) is 20.1. The third kappa shape index (κ3) is 4.60. The van der Waals surface area contributed by atoms with E-state index in [9.17, 15) is 4.79 Å². The number of benzene rings is 1. The summed E-state index contributed by atoms with van der Waals surface area (Å²) in [6.07, 6.45) is 3.42. The third-order valence-electron chi connectivity index (χ3n) is 6.81. The van der Waals surface area contributed by atoms with Crippen LogP contribution in [0.1, 0.15) is 48.2 Å². The van der Waals surface area contributed by atoms with E-state index in [1.807, 2.05) is 11.0 Å². The number of pyridine rings is 1. The molecule has 2 N–H and O–H groups in total. The van der Waals surface area contributed by atoms with Crippen molar-refractivity contribution in [2.24, 2.45) is 0 Å². The zero-order chi connectivity index (χ0) is 22.1. The molecule has 6 nitrogen and oxygen atoms in total. The van der Waals surface area contributed by atoms with E-state index in [-0.39, 0.29) is 5.91 Å². The highest BCUT2D eigenvalue weighted by molar-refractivity contribution is 9.10. The number of nitrogens with zero attached hydrogens (tertiary/aromatic N) is 3. The molecule has 3 aromatic rings. The Kier molecular flexibility index (Phi) is 6.31. The minimum Gasteiger partial charge on any atom is -0.356 e. The topological polar surface area (TPSA) is 64.3 Å². The minimum absolute atomic E-state index is 0.183. The number of halogens is 1. The van der Waals surface area contributed by atoms with E-state index in [0.29, 0.717) is 6.04 Å². The maximum atomic E-state index is 11.5. The highest BCUT2D eigenvalue weighted by Gasteiger charge is 2.25. The molecule has 2 aromatic heterocycles. The van der Waals surface area contributed by atoms with Gasteiger partial charge in [0.2, 0.25) is 5.91 Å². The summed E-state index contributed by atoms with van der Waals surface area (Å²) in [4.78, 5) is 24.2. The van der Waals surface area contributed by atoms with E-state index in [4.69, 9.17) is 4.98 Å². The molecular formula is C25H30BrN5O. The van der Waals surface area contributed by atoms with Gasteiger partial charge < -0.3 is 15.2 Å². The monoisotopic (exact) mass is 495 g/mol. The largest absolute Gasteiger partial charge is 0.356 e. The van der Waals surface area contributed by atoms with Crippen molar-refractivity contribution in [1.29, 1.82) is 0 Å². The van der Waals surface area contributed by atoms with Crippen LogP contribution in [-0.2, 0) is 24.3 Å². The Labute approximate surface area is 197 Å². The number of fused-ring (bicyclic) bond motifs is 3. The second-order valence-corrected chi connectivity index (χ2v) is 9.78. The first-order valence-electron chi connectivity index (χ1n) is 11.5. The Bertz CT molecular complexity index is 1100. The lowest BCUT2D eigenvalue weighted by molar-refractivity contribution is -0.130. The number of nitrogens with one attached hydrogen (secondary N) is 2. The van der Waals surface area contributed by atoms with Gasteiger partial charge in [-0.2, -0.15) is 0 Å². The molecule has 7 heteroatoms. The predicted octanol–water partition coefficient (Wildman–Crippen LogP) is 4.16. The molecule has 1 atom stereocenters. The smallest absolute Gasteiger partial charge is 0.219 e. The first-order chi connectivity index (χ1) is 15.6. The van der Waals surface area contributed by atoms with Gasteiger partial charge in [-0.15, -0.1) is 0 Å². The molecule has 0 radical (unpaired) electrons. The SMILES string of the molecule is CC(=O)N1CCN(Cc2ccc(CNC3CCCc4c3[nH]c3ccc(Br)nc43)cc2)CC1. The molecule has 1 aliphatic carbocycles. The normalized spacial score (nSPS) is 19.3. The van der Waals surface area contributed by atoms with Crippen LogP contribution in [0.25, 0.3) is 11.0 Å². The van der Waals surface area contributed by atoms with E-state index in [0.717, 1.165) is 67.7 Å². The summed E-state index contributed by atoms with van der Waals surface area (Å²) in [6.45, 7) is 7.02. The highest BCUT2D eigenvalue weighted by Crippen LogP contribution is 2.34. The number of carbonyl (C=O) groups is 1. The van der Waals surface area contributed by atoms with Gasteiger partial charge in [-0.25, -0.2) is 4.98 Å². The van der Waals surface area contributed by atoms with Crippen molar-refractivity contribution in [2.45, 2.75) is 45.3 Å². The van der Waals surface area contributed by atoms with Crippen molar-refractivity contribution in [3.05, 3.63) is 63.4 Å². The van der Waals surface area contributed by atoms with Gasteiger partial charge in [0.25, 0.3) is 0 Å². The van der Waals surface area contributed by atoms with Crippen molar-refractivity contribution >= 4 is 32.9 Å². The quantitative estimate of drug-likeness (QED) is 0.521. The van der Waals surface area contributed by atoms with Crippen molar-refractivity contribution in [3.63, 3.8) is 0 Å². The second kappa shape index (κ2) is 9.33. The van der Waals surface area contributed by atoms with Gasteiger partial charge >= 0.3 is 0 Å². The summed E-state index contributed by atoms with van der Waals surface area (Å²) >= 11 is 3.51. The zero-order valence-electron chi connectivity index (χ0n) is 18.5. The fourth-order valence-corrected chi connectivity index (χ4v) is 5.29. The average molecular weight is 496 g/mol. The van der Waals surface area contributed by atoms with Crippen LogP contribution < -0.4 is 5.32 Å². The van der Waals surface area contributed by atoms with Gasteiger partial charge in [-0.3, -0.25) is 9.69 Å². The molecule has 1 aromatic carbocycles. The number of aryl methyl sites for hydroxylation is 1. The number of rotatable bonds is 5. The van der Waals surface area contributed by atoms with Crippen LogP contribution in [0.2, 0.25) is 0 Å². The Morgan fingerprint density at radius 2 is 1.88 bits per heavy atom. The van der Waals surface area contributed by atoms with Crippen molar-refractivity contribution in [1.82, 2.24) is 25.1 Å². The second-order valence-electron chi connectivity index (χ2n) is 8.97. The first-order valence-corrected chi connectivity index (χ1v) is 12.3. The number of amides is 1. The molecule has 1 amide bonds. The van der Waals surface area contributed by atoms with Crippen LogP contribution in [0.5, 0.6) is 0 Å². The number of piperazine rings is 1. The number of aromatic nitrogens is 2. The third-order valence-corrected chi connectivity index (χ3v) is 7.25. The predicted molar refractivity (Wildman–Crippen MR) is 130 cm³/mol. The van der Waals surface area contributed by atoms with Crippen LogP contribution in [0.3, 0.4) is 0 Å². The number of carbonyl (C=O) groups excluding carboxylic acids is 1. The lowest BCUT2D eigenvalue weighted by Gasteiger charge is -2.34. The van der Waals surface area contributed by atoms with Crippen LogP contribution in [-0.4, -0.2) is 51.9 Å². The minimum atomic E-state index is 0.183. The summed E-state index contributed by atoms with van der Waals surface area (Å²) in [5.74, 6) is 0.183. The molecule has 3 heterocycles. The summed E-state index contributed by atoms with van der Waals surface area (Å²) in [6, 6.07) is 13.4. The van der Waals surface area contributed by atoms with Gasteiger partial charge in [0.15, 0.2) is 0 Å². The molecule has 1 aliphatic heterocycles. The van der Waals surface area contributed by atoms with Crippen LogP contribution in [0.4, 0.5) is 0 Å². The lowest BCUT2D eigenvalue weighted by Crippen LogP contribution is -2.47. The lowest BCUT2D eigenvalue weighted by atomic mass is 9.92. The molecule has 1 saturated heterocycles. The van der Waals surface area contributed by atoms with Gasteiger partial charge in [0, 0.05) is 63.5 Å². The summed E-state index contributed by atoms with van der Waals surface area (Å²) in [7, 11) is 0. The van der Waals surface area contributed by atoms with Gasteiger partial charge in [0.1, 0.15) is 4.60 Å². The molecule has 5 rings (SSSR count). The van der Waals surface area contributed by atoms with Gasteiger partial charge in [-0.1, -0.05) is 24.3 Å². The highest BCUT2D eigenvalue weighted by atomic mass is 79.9. The van der Waals surface area contributed by atoms with Crippen molar-refractivity contribution in [3.8, 4) is 0 Å². The Balaban J connectivity index is 1.19. The molecule has 32 heavy (non-hydrogen) atoms. The molecule has 0 bridgehead atoms. The first kappa shape index (κ1) is 21.6. The standard InChI is InChI=1S/C25H30BrN5O/c1-17(32)31-13-11-30(12-14-31)16-19-7-5-18(6-8-19)15-27-21-4-2-3-20-24(21)28-22-9-10-23(26)29-25(20)22/h5-10,21,27-28H,2-4,11-16H2,1H3. The van der Waals surface area contributed by atoms with Crippen LogP contribution in [0.15, 0.2) is 41.0 Å². The number of hydrogen-bond donors (Lipinski definition) is 2. The summed E-state index contributed by atoms with van der Waals surface area (Å²) < 4.78 is 0.891. The Morgan fingerprint density at radius 3 is 2.62 bits per heavy atom. The number of hydrogen-bond acceptors (Lipinski definition) is 4. The molecule has 0 spiro atoms. The van der Waals surface area contributed by atoms with Crippen molar-refractivity contribution < 1.29 is 4.79 Å². The number of H-pyrrole nitrogens is 1. The maximum absolute atomic E-state index is 11.5. The summed E-state index contributed by atoms with van der Waals surface area (Å²) in [5.41, 5.74) is 7.54. The van der Waals surface area contributed by atoms with Gasteiger partial charge in [0.05, 0.1) is 11.0 Å². The van der Waals surface area contributed by atoms with E-state index >= 15 is 0 Å². The van der Waals surface area contributed by atoms with E-state index < -0.39 is 0 Å². The molecule has 1 fully saturated rings. The van der Waals surface area contributed by atoms with E-state index in [2.05, 4.69) is 61.5 Å². The van der Waals surface area contributed by atoms with Crippen molar-refractivity contribution in [2.75, 3.05) is 26.2 Å². The summed E-state index contributed by atoms with van der Waals surface area (Å²) in [5, 5.41) is 3.77. The van der Waals surface area contributed by atoms with Crippen LogP contribution >= 0.6 is 15.9 Å². The Hall–Kier alpha value is -2.22. The molecule has 2 aliphatic rings. The fourth-order valence-electron chi connectivity index (χ4n) is 4.98. The molecule has 1 unspecified atom stereocenters.